The second-order valence-electron chi connectivity index (χ2n) is 4.25. The number of hydrogen-bond acceptors (Lipinski definition) is 3. The molecule has 0 spiro atoms. The summed E-state index contributed by atoms with van der Waals surface area (Å²) in [5, 5.41) is 3.27. The van der Waals surface area contributed by atoms with E-state index < -0.39 is 0 Å². The molecule has 0 amide bonds. The van der Waals surface area contributed by atoms with Gasteiger partial charge in [0.2, 0.25) is 5.95 Å². The van der Waals surface area contributed by atoms with E-state index in [-0.39, 0.29) is 0 Å². The highest BCUT2D eigenvalue weighted by Gasteiger charge is 2.03. The minimum absolute atomic E-state index is 0.836. The average Bonchev–Trinajstić information content (AvgIpc) is 2.65. The van der Waals surface area contributed by atoms with Gasteiger partial charge in [-0.05, 0) is 26.7 Å². The van der Waals surface area contributed by atoms with Gasteiger partial charge < -0.3 is 14.6 Å². The Bertz CT molecular complexity index is 310. The molecule has 4 nitrogen and oxygen atoms in total. The van der Waals surface area contributed by atoms with E-state index in [9.17, 15) is 0 Å². The van der Waals surface area contributed by atoms with E-state index in [1.54, 1.807) is 0 Å². The number of nitrogens with zero attached hydrogens (tertiary/aromatic N) is 2. The van der Waals surface area contributed by atoms with Crippen molar-refractivity contribution >= 4 is 5.95 Å². The van der Waals surface area contributed by atoms with Crippen LogP contribution in [0, 0.1) is 6.92 Å². The molecule has 98 valence electrons. The molecule has 0 bridgehead atoms. The molecule has 0 aromatic carbocycles. The number of ether oxygens (including phenoxy) is 1. The van der Waals surface area contributed by atoms with Gasteiger partial charge in [-0.25, -0.2) is 4.98 Å². The third-order valence-electron chi connectivity index (χ3n) is 2.56. The Kier molecular flexibility index (Phi) is 6.70. The topological polar surface area (TPSA) is 39.1 Å². The van der Waals surface area contributed by atoms with Crippen LogP contribution in [-0.2, 0) is 11.3 Å². The van der Waals surface area contributed by atoms with Crippen molar-refractivity contribution in [3.05, 3.63) is 11.9 Å². The Labute approximate surface area is 104 Å². The molecule has 0 aliphatic heterocycles. The molecule has 17 heavy (non-hydrogen) atoms. The summed E-state index contributed by atoms with van der Waals surface area (Å²) >= 11 is 0. The van der Waals surface area contributed by atoms with Gasteiger partial charge in [0.1, 0.15) is 0 Å². The fourth-order valence-electron chi connectivity index (χ4n) is 1.70. The largest absolute Gasteiger partial charge is 0.381 e. The molecule has 1 rings (SSSR count). The fraction of sp³-hybridized carbons (Fsp3) is 0.769. The monoisotopic (exact) mass is 239 g/mol. The third kappa shape index (κ3) is 5.22. The molecule has 0 aliphatic carbocycles. The number of nitrogens with one attached hydrogen (secondary N) is 1. The molecular formula is C13H25N3O. The highest BCUT2D eigenvalue weighted by molar-refractivity contribution is 5.28. The summed E-state index contributed by atoms with van der Waals surface area (Å²) in [5.41, 5.74) is 1.06. The maximum atomic E-state index is 5.55. The van der Waals surface area contributed by atoms with Crippen LogP contribution in [0.15, 0.2) is 6.20 Å². The Morgan fingerprint density at radius 2 is 2.06 bits per heavy atom. The van der Waals surface area contributed by atoms with Crippen LogP contribution in [0.25, 0.3) is 0 Å². The molecule has 4 heteroatoms. The number of rotatable bonds is 9. The first-order valence-electron chi connectivity index (χ1n) is 6.63. The van der Waals surface area contributed by atoms with Gasteiger partial charge in [0.15, 0.2) is 0 Å². The Hall–Kier alpha value is -1.03. The van der Waals surface area contributed by atoms with Crippen molar-refractivity contribution in [3.63, 3.8) is 0 Å². The van der Waals surface area contributed by atoms with E-state index in [0.717, 1.165) is 50.8 Å². The van der Waals surface area contributed by atoms with Crippen molar-refractivity contribution in [2.24, 2.45) is 0 Å². The van der Waals surface area contributed by atoms with Crippen LogP contribution in [-0.4, -0.2) is 29.3 Å². The molecule has 0 radical (unpaired) electrons. The van der Waals surface area contributed by atoms with Crippen LogP contribution in [0.2, 0.25) is 0 Å². The van der Waals surface area contributed by atoms with Gasteiger partial charge in [0.05, 0.1) is 5.69 Å². The van der Waals surface area contributed by atoms with E-state index in [1.807, 2.05) is 6.92 Å². The number of aromatic nitrogens is 2. The molecular weight excluding hydrogens is 214 g/mol. The summed E-state index contributed by atoms with van der Waals surface area (Å²) in [7, 11) is 0. The summed E-state index contributed by atoms with van der Waals surface area (Å²) in [6.07, 6.45) is 5.49. The van der Waals surface area contributed by atoms with Crippen LogP contribution in [0.4, 0.5) is 5.95 Å². The van der Waals surface area contributed by atoms with E-state index in [2.05, 4.69) is 34.9 Å². The number of anilines is 1. The number of hydrogen-bond donors (Lipinski definition) is 1. The summed E-state index contributed by atoms with van der Waals surface area (Å²) in [4.78, 5) is 4.44. The molecule has 0 atom stereocenters. The van der Waals surface area contributed by atoms with Crippen molar-refractivity contribution in [1.29, 1.82) is 0 Å². The molecule has 1 N–H and O–H groups in total. The first-order chi connectivity index (χ1) is 8.27. The lowest BCUT2D eigenvalue weighted by Gasteiger charge is -2.08. The Balaban J connectivity index is 2.25. The summed E-state index contributed by atoms with van der Waals surface area (Å²) in [5.74, 6) is 0.971. The maximum Gasteiger partial charge on any atom is 0.203 e. The van der Waals surface area contributed by atoms with Crippen molar-refractivity contribution in [2.75, 3.05) is 25.1 Å². The van der Waals surface area contributed by atoms with Crippen LogP contribution in [0.5, 0.6) is 0 Å². The van der Waals surface area contributed by atoms with Gasteiger partial charge in [-0.2, -0.15) is 0 Å². The number of aryl methyl sites for hydroxylation is 2. The maximum absolute atomic E-state index is 5.55. The zero-order valence-electron chi connectivity index (χ0n) is 11.3. The lowest BCUT2D eigenvalue weighted by Crippen LogP contribution is -2.08. The smallest absolute Gasteiger partial charge is 0.203 e. The second-order valence-corrected chi connectivity index (χ2v) is 4.25. The van der Waals surface area contributed by atoms with Gasteiger partial charge in [0.25, 0.3) is 0 Å². The first kappa shape index (κ1) is 14.0. The van der Waals surface area contributed by atoms with Crippen molar-refractivity contribution < 1.29 is 4.74 Å². The second kappa shape index (κ2) is 8.12. The molecule has 0 unspecified atom stereocenters. The normalized spacial score (nSPS) is 10.8. The fourth-order valence-corrected chi connectivity index (χ4v) is 1.70. The summed E-state index contributed by atoms with van der Waals surface area (Å²) in [6, 6.07) is 0. The minimum atomic E-state index is 0.836. The molecule has 1 aromatic rings. The zero-order valence-corrected chi connectivity index (χ0v) is 11.3. The van der Waals surface area contributed by atoms with Gasteiger partial charge in [0, 0.05) is 32.5 Å². The van der Waals surface area contributed by atoms with Crippen molar-refractivity contribution in [1.82, 2.24) is 9.55 Å². The standard InChI is InChI=1S/C13H25N3O/c1-4-6-9-17-10-7-8-16-11-12(3)15-13(16)14-5-2/h11H,4-10H2,1-3H3,(H,14,15). The first-order valence-corrected chi connectivity index (χ1v) is 6.63. The van der Waals surface area contributed by atoms with Gasteiger partial charge in [-0.15, -0.1) is 0 Å². The van der Waals surface area contributed by atoms with E-state index in [0.29, 0.717) is 0 Å². The predicted octanol–water partition coefficient (Wildman–Crippen LogP) is 2.83. The molecule has 0 fully saturated rings. The lowest BCUT2D eigenvalue weighted by atomic mass is 10.3. The minimum Gasteiger partial charge on any atom is -0.381 e. The highest BCUT2D eigenvalue weighted by atomic mass is 16.5. The van der Waals surface area contributed by atoms with E-state index in [1.165, 1.54) is 6.42 Å². The molecule has 0 saturated carbocycles. The third-order valence-corrected chi connectivity index (χ3v) is 2.56. The van der Waals surface area contributed by atoms with Crippen LogP contribution >= 0.6 is 0 Å². The summed E-state index contributed by atoms with van der Waals surface area (Å²) in [6.45, 7) is 9.89. The van der Waals surface area contributed by atoms with E-state index in [4.69, 9.17) is 4.74 Å². The van der Waals surface area contributed by atoms with Gasteiger partial charge >= 0.3 is 0 Å². The SMILES string of the molecule is CCCCOCCCn1cc(C)nc1NCC. The van der Waals surface area contributed by atoms with E-state index >= 15 is 0 Å². The zero-order chi connectivity index (χ0) is 12.5. The Morgan fingerprint density at radius 1 is 1.29 bits per heavy atom. The number of unbranched alkanes of at least 4 members (excludes halogenated alkanes) is 1. The highest BCUT2D eigenvalue weighted by Crippen LogP contribution is 2.08. The lowest BCUT2D eigenvalue weighted by molar-refractivity contribution is 0.126. The van der Waals surface area contributed by atoms with Gasteiger partial charge in [-0.1, -0.05) is 13.3 Å². The predicted molar refractivity (Wildman–Crippen MR) is 71.5 cm³/mol. The van der Waals surface area contributed by atoms with Crippen molar-refractivity contribution in [3.8, 4) is 0 Å². The van der Waals surface area contributed by atoms with Crippen LogP contribution in [0.1, 0.15) is 38.8 Å². The Morgan fingerprint density at radius 3 is 2.76 bits per heavy atom. The van der Waals surface area contributed by atoms with Crippen LogP contribution < -0.4 is 5.32 Å². The van der Waals surface area contributed by atoms with Gasteiger partial charge in [-0.3, -0.25) is 0 Å². The molecule has 1 aromatic heterocycles. The van der Waals surface area contributed by atoms with Crippen molar-refractivity contribution in [2.45, 2.75) is 46.6 Å². The summed E-state index contributed by atoms with van der Waals surface area (Å²) < 4.78 is 7.72. The quantitative estimate of drug-likeness (QED) is 0.673. The average molecular weight is 239 g/mol. The molecule has 0 saturated heterocycles. The molecule has 0 aliphatic rings. The number of imidazole rings is 1. The molecule has 1 heterocycles. The van der Waals surface area contributed by atoms with Crippen LogP contribution in [0.3, 0.4) is 0 Å².